The van der Waals surface area contributed by atoms with Crippen LogP contribution in [0.5, 0.6) is 0 Å². The van der Waals surface area contributed by atoms with E-state index in [-0.39, 0.29) is 11.6 Å². The van der Waals surface area contributed by atoms with Gasteiger partial charge in [-0.3, -0.25) is 9.59 Å². The Balaban J connectivity index is 2.53. The molecule has 2 aromatic carbocycles. The molecule has 0 saturated heterocycles. The van der Waals surface area contributed by atoms with Crippen LogP contribution in [0.25, 0.3) is 0 Å². The summed E-state index contributed by atoms with van der Waals surface area (Å²) in [6.07, 6.45) is 0. The topological polar surface area (TPSA) is 34.1 Å². The maximum atomic E-state index is 13.2. The summed E-state index contributed by atoms with van der Waals surface area (Å²) in [5.41, 5.74) is 1.20. The van der Waals surface area contributed by atoms with E-state index in [1.165, 1.54) is 0 Å². The second-order valence-electron chi connectivity index (χ2n) is 6.03. The van der Waals surface area contributed by atoms with Gasteiger partial charge in [-0.15, -0.1) is 0 Å². The standard InChI is InChI=1S/C21H26NO2/c1-4-22(5-2,6-3)19(20(23)17-13-9-7-10-14-17)21(24)18-15-11-8-12-16-18/h7-16,19H,4-6H2,1-3H3/q+1. The van der Waals surface area contributed by atoms with Gasteiger partial charge in [0.05, 0.1) is 19.6 Å². The van der Waals surface area contributed by atoms with Crippen LogP contribution in [-0.2, 0) is 0 Å². The summed E-state index contributed by atoms with van der Waals surface area (Å²) >= 11 is 0. The van der Waals surface area contributed by atoms with Gasteiger partial charge in [0.2, 0.25) is 17.6 Å². The van der Waals surface area contributed by atoms with Crippen molar-refractivity contribution in [2.24, 2.45) is 0 Å². The highest BCUT2D eigenvalue weighted by atomic mass is 16.2. The van der Waals surface area contributed by atoms with Crippen molar-refractivity contribution in [2.45, 2.75) is 26.8 Å². The van der Waals surface area contributed by atoms with Gasteiger partial charge in [-0.2, -0.15) is 0 Å². The molecule has 0 unspecified atom stereocenters. The van der Waals surface area contributed by atoms with Crippen LogP contribution in [0, 0.1) is 0 Å². The third-order valence-corrected chi connectivity index (χ3v) is 5.05. The fraction of sp³-hybridized carbons (Fsp3) is 0.333. The Hall–Kier alpha value is -2.26. The van der Waals surface area contributed by atoms with Crippen molar-refractivity contribution in [1.29, 1.82) is 0 Å². The number of hydrogen-bond acceptors (Lipinski definition) is 2. The zero-order valence-electron chi connectivity index (χ0n) is 14.7. The Kier molecular flexibility index (Phi) is 6.04. The molecular weight excluding hydrogens is 298 g/mol. The fourth-order valence-electron chi connectivity index (χ4n) is 3.36. The van der Waals surface area contributed by atoms with Gasteiger partial charge in [-0.25, -0.2) is 0 Å². The van der Waals surface area contributed by atoms with Crippen molar-refractivity contribution < 1.29 is 14.1 Å². The van der Waals surface area contributed by atoms with Gasteiger partial charge < -0.3 is 4.48 Å². The van der Waals surface area contributed by atoms with Crippen molar-refractivity contribution >= 4 is 11.6 Å². The van der Waals surface area contributed by atoms with E-state index >= 15 is 0 Å². The molecule has 0 saturated carbocycles. The molecule has 0 spiro atoms. The van der Waals surface area contributed by atoms with E-state index in [2.05, 4.69) is 20.8 Å². The minimum atomic E-state index is -0.699. The number of likely N-dealkylation sites (N-methyl/N-ethyl adjacent to an activating group) is 1. The molecule has 0 aliphatic carbocycles. The molecule has 3 heteroatoms. The van der Waals surface area contributed by atoms with Crippen LogP contribution in [-0.4, -0.2) is 41.7 Å². The molecule has 0 N–H and O–H groups in total. The first-order valence-corrected chi connectivity index (χ1v) is 8.64. The number of hydrogen-bond donors (Lipinski definition) is 0. The van der Waals surface area contributed by atoms with Crippen molar-refractivity contribution in [3.05, 3.63) is 71.8 Å². The van der Waals surface area contributed by atoms with Crippen LogP contribution in [0.2, 0.25) is 0 Å². The molecule has 126 valence electrons. The van der Waals surface area contributed by atoms with Gasteiger partial charge in [0, 0.05) is 11.1 Å². The minimum Gasteiger partial charge on any atom is -0.309 e. The lowest BCUT2D eigenvalue weighted by Crippen LogP contribution is -2.61. The zero-order chi connectivity index (χ0) is 17.6. The summed E-state index contributed by atoms with van der Waals surface area (Å²) in [6, 6.07) is 17.6. The highest BCUT2D eigenvalue weighted by Gasteiger charge is 2.44. The zero-order valence-corrected chi connectivity index (χ0v) is 14.7. The monoisotopic (exact) mass is 324 g/mol. The highest BCUT2D eigenvalue weighted by Crippen LogP contribution is 2.22. The van der Waals surface area contributed by atoms with E-state index in [0.29, 0.717) is 15.6 Å². The van der Waals surface area contributed by atoms with Crippen LogP contribution in [0.3, 0.4) is 0 Å². The minimum absolute atomic E-state index is 0.0880. The van der Waals surface area contributed by atoms with Gasteiger partial charge in [0.1, 0.15) is 0 Å². The Morgan fingerprint density at radius 1 is 0.708 bits per heavy atom. The predicted molar refractivity (Wildman–Crippen MR) is 97.2 cm³/mol. The van der Waals surface area contributed by atoms with E-state index in [9.17, 15) is 9.59 Å². The predicted octanol–water partition coefficient (Wildman–Crippen LogP) is 4.00. The maximum Gasteiger partial charge on any atom is 0.228 e. The van der Waals surface area contributed by atoms with Crippen molar-refractivity contribution in [1.82, 2.24) is 0 Å². The summed E-state index contributed by atoms with van der Waals surface area (Å²) in [5, 5.41) is 0. The van der Waals surface area contributed by atoms with Gasteiger partial charge in [0.15, 0.2) is 0 Å². The smallest absolute Gasteiger partial charge is 0.228 e. The normalized spacial score (nSPS) is 11.5. The number of ketones is 2. The molecule has 0 atom stereocenters. The summed E-state index contributed by atoms with van der Waals surface area (Å²) in [7, 11) is 0. The van der Waals surface area contributed by atoms with Gasteiger partial charge in [-0.05, 0) is 20.8 Å². The van der Waals surface area contributed by atoms with Crippen LogP contribution >= 0.6 is 0 Å². The summed E-state index contributed by atoms with van der Waals surface area (Å²) in [4.78, 5) is 26.5. The number of carbonyl (C=O) groups is 2. The molecule has 0 radical (unpaired) electrons. The van der Waals surface area contributed by atoms with Crippen LogP contribution < -0.4 is 0 Å². The van der Waals surface area contributed by atoms with Crippen molar-refractivity contribution in [3.63, 3.8) is 0 Å². The second-order valence-corrected chi connectivity index (χ2v) is 6.03. The fourth-order valence-corrected chi connectivity index (χ4v) is 3.36. The lowest BCUT2D eigenvalue weighted by molar-refractivity contribution is -0.928. The lowest BCUT2D eigenvalue weighted by atomic mass is 9.92. The highest BCUT2D eigenvalue weighted by molar-refractivity contribution is 6.18. The molecule has 24 heavy (non-hydrogen) atoms. The third kappa shape index (κ3) is 3.46. The van der Waals surface area contributed by atoms with E-state index in [4.69, 9.17) is 0 Å². The van der Waals surface area contributed by atoms with E-state index < -0.39 is 6.04 Å². The van der Waals surface area contributed by atoms with E-state index in [1.54, 1.807) is 24.3 Å². The summed E-state index contributed by atoms with van der Waals surface area (Å²) in [5.74, 6) is -0.176. The van der Waals surface area contributed by atoms with E-state index in [1.807, 2.05) is 36.4 Å². The molecule has 2 aromatic rings. The molecule has 0 aromatic heterocycles. The summed E-state index contributed by atoms with van der Waals surface area (Å²) < 4.78 is 0.474. The number of rotatable bonds is 8. The Morgan fingerprint density at radius 2 is 1.04 bits per heavy atom. The Morgan fingerprint density at radius 3 is 1.33 bits per heavy atom. The molecule has 0 aliphatic heterocycles. The van der Waals surface area contributed by atoms with E-state index in [0.717, 1.165) is 19.6 Å². The quantitative estimate of drug-likeness (QED) is 0.418. The summed E-state index contributed by atoms with van der Waals surface area (Å²) in [6.45, 7) is 8.39. The Bertz CT molecular complexity index is 616. The first-order valence-electron chi connectivity index (χ1n) is 8.64. The molecule has 0 amide bonds. The SMILES string of the molecule is CC[N+](CC)(CC)C(C(=O)c1ccccc1)C(=O)c1ccccc1. The van der Waals surface area contributed by atoms with Gasteiger partial charge >= 0.3 is 0 Å². The molecule has 2 rings (SSSR count). The molecular formula is C21H26NO2+. The number of carbonyl (C=O) groups excluding carboxylic acids is 2. The van der Waals surface area contributed by atoms with Gasteiger partial charge in [-0.1, -0.05) is 60.7 Å². The van der Waals surface area contributed by atoms with Crippen LogP contribution in [0.1, 0.15) is 41.5 Å². The molecule has 0 heterocycles. The van der Waals surface area contributed by atoms with Crippen molar-refractivity contribution in [2.75, 3.05) is 19.6 Å². The number of nitrogens with zero attached hydrogens (tertiary/aromatic N) is 1. The molecule has 0 fully saturated rings. The molecule has 0 bridgehead atoms. The third-order valence-electron chi connectivity index (χ3n) is 5.05. The first-order chi connectivity index (χ1) is 11.6. The molecule has 0 aliphatic rings. The van der Waals surface area contributed by atoms with Crippen LogP contribution in [0.4, 0.5) is 0 Å². The number of Topliss-reactive ketones (excluding diaryl/α,β-unsaturated/α-hetero) is 2. The average molecular weight is 324 g/mol. The lowest BCUT2D eigenvalue weighted by Gasteiger charge is -2.41. The maximum absolute atomic E-state index is 13.2. The van der Waals surface area contributed by atoms with Crippen molar-refractivity contribution in [3.8, 4) is 0 Å². The van der Waals surface area contributed by atoms with Crippen LogP contribution in [0.15, 0.2) is 60.7 Å². The average Bonchev–Trinajstić information content (AvgIpc) is 2.67. The Labute approximate surface area is 144 Å². The largest absolute Gasteiger partial charge is 0.309 e. The number of benzene rings is 2. The second kappa shape index (κ2) is 8.02. The number of quaternary nitrogens is 1. The first kappa shape index (κ1) is 18.1. The van der Waals surface area contributed by atoms with Gasteiger partial charge in [0.25, 0.3) is 0 Å². The molecule has 3 nitrogen and oxygen atoms in total.